The van der Waals surface area contributed by atoms with Crippen LogP contribution in [0.5, 0.6) is 0 Å². The molecule has 0 amide bonds. The summed E-state index contributed by atoms with van der Waals surface area (Å²) in [6, 6.07) is 13.3. The van der Waals surface area contributed by atoms with Gasteiger partial charge in [-0.05, 0) is 94.8 Å². The minimum absolute atomic E-state index is 0.108. The molecule has 1 heterocycles. The Morgan fingerprint density at radius 1 is 0.947 bits per heavy atom. The zero-order valence-corrected chi connectivity index (χ0v) is 25.4. The molecular weight excluding hydrogens is 537 g/mol. The van der Waals surface area contributed by atoms with Crippen LogP contribution >= 0.6 is 34.8 Å². The third kappa shape index (κ3) is 6.55. The van der Waals surface area contributed by atoms with Gasteiger partial charge in [-0.3, -0.25) is 0 Å². The first-order valence-corrected chi connectivity index (χ1v) is 14.4. The smallest absolute Gasteiger partial charge is 0.177 e. The van der Waals surface area contributed by atoms with E-state index in [0.29, 0.717) is 21.0 Å². The lowest BCUT2D eigenvalue weighted by atomic mass is 9.67. The van der Waals surface area contributed by atoms with Crippen LogP contribution in [-0.4, -0.2) is 20.2 Å². The van der Waals surface area contributed by atoms with Crippen molar-refractivity contribution >= 4 is 46.6 Å². The summed E-state index contributed by atoms with van der Waals surface area (Å²) in [5, 5.41) is 19.2. The molecule has 1 saturated carbocycles. The van der Waals surface area contributed by atoms with Crippen molar-refractivity contribution in [2.24, 2.45) is 16.7 Å². The largest absolute Gasteiger partial charge is 0.373 e. The van der Waals surface area contributed by atoms with E-state index < -0.39 is 5.54 Å². The fourth-order valence-corrected chi connectivity index (χ4v) is 6.05. The molecule has 1 fully saturated rings. The van der Waals surface area contributed by atoms with Crippen LogP contribution in [0.2, 0.25) is 15.1 Å². The second-order valence-corrected chi connectivity index (χ2v) is 13.9. The maximum atomic E-state index is 6.48. The summed E-state index contributed by atoms with van der Waals surface area (Å²) >= 11 is 18.8. The van der Waals surface area contributed by atoms with Gasteiger partial charge in [0.15, 0.2) is 5.82 Å². The van der Waals surface area contributed by atoms with E-state index in [2.05, 4.69) is 68.5 Å². The molecule has 1 aliphatic carbocycles. The first-order valence-electron chi connectivity index (χ1n) is 13.2. The van der Waals surface area contributed by atoms with Crippen LogP contribution < -0.4 is 5.32 Å². The monoisotopic (exact) mass is 573 g/mol. The molecule has 38 heavy (non-hydrogen) atoms. The zero-order chi connectivity index (χ0) is 27.7. The highest BCUT2D eigenvalue weighted by molar-refractivity contribution is 6.35. The number of tetrazole rings is 1. The van der Waals surface area contributed by atoms with Gasteiger partial charge >= 0.3 is 0 Å². The van der Waals surface area contributed by atoms with Crippen LogP contribution in [0.25, 0.3) is 6.08 Å². The Hall–Kier alpha value is -2.08. The molecule has 1 unspecified atom stereocenters. The fraction of sp³-hybridized carbons (Fsp3) is 0.500. The molecule has 0 spiro atoms. The van der Waals surface area contributed by atoms with Gasteiger partial charge in [0, 0.05) is 20.8 Å². The summed E-state index contributed by atoms with van der Waals surface area (Å²) in [6.07, 6.45) is 8.23. The fourth-order valence-electron chi connectivity index (χ4n) is 5.46. The van der Waals surface area contributed by atoms with Crippen LogP contribution in [-0.2, 0) is 5.54 Å². The molecule has 1 atom stereocenters. The quantitative estimate of drug-likeness (QED) is 0.318. The predicted molar refractivity (Wildman–Crippen MR) is 160 cm³/mol. The number of nitrogens with zero attached hydrogens (tertiary/aromatic N) is 4. The zero-order valence-electron chi connectivity index (χ0n) is 23.1. The summed E-state index contributed by atoms with van der Waals surface area (Å²) in [7, 11) is 0. The van der Waals surface area contributed by atoms with Crippen molar-refractivity contribution in [3.05, 3.63) is 75.0 Å². The summed E-state index contributed by atoms with van der Waals surface area (Å²) in [5.41, 5.74) is 1.60. The number of allylic oxidation sites excluding steroid dienone is 1. The van der Waals surface area contributed by atoms with Gasteiger partial charge in [0.05, 0.1) is 11.6 Å². The number of anilines is 1. The van der Waals surface area contributed by atoms with Gasteiger partial charge in [-0.15, -0.1) is 5.10 Å². The first-order chi connectivity index (χ1) is 17.8. The van der Waals surface area contributed by atoms with Crippen LogP contribution in [0.3, 0.4) is 0 Å². The highest BCUT2D eigenvalue weighted by Gasteiger charge is 2.45. The standard InChI is InChI=1S/C30H38Cl3N5/c1-28(2,3)21-15-17-30(18-16-21,34-24-12-10-22(31)11-13-24)27-35-36-37-38(27)26(29(4,5)6)14-8-20-7-9-23(32)19-25(20)33/h7-14,19,21,26,34H,15-18H2,1-6H3/b14-8+. The lowest BCUT2D eigenvalue weighted by molar-refractivity contribution is 0.133. The average Bonchev–Trinajstić information content (AvgIpc) is 3.31. The van der Waals surface area contributed by atoms with E-state index in [4.69, 9.17) is 34.8 Å². The molecule has 1 N–H and O–H groups in total. The van der Waals surface area contributed by atoms with Crippen molar-refractivity contribution in [2.75, 3.05) is 5.32 Å². The van der Waals surface area contributed by atoms with Crippen LogP contribution in [0.15, 0.2) is 48.5 Å². The Morgan fingerprint density at radius 2 is 1.58 bits per heavy atom. The first kappa shape index (κ1) is 28.9. The lowest BCUT2D eigenvalue weighted by Crippen LogP contribution is -2.44. The Balaban J connectivity index is 1.75. The number of nitrogens with one attached hydrogen (secondary N) is 1. The summed E-state index contributed by atoms with van der Waals surface area (Å²) < 4.78 is 2.00. The summed E-state index contributed by atoms with van der Waals surface area (Å²) in [4.78, 5) is 0. The second-order valence-electron chi connectivity index (χ2n) is 12.6. The third-order valence-electron chi connectivity index (χ3n) is 7.78. The van der Waals surface area contributed by atoms with E-state index in [1.54, 1.807) is 6.07 Å². The van der Waals surface area contributed by atoms with Gasteiger partial charge in [0.1, 0.15) is 0 Å². The minimum Gasteiger partial charge on any atom is -0.373 e. The second kappa shape index (κ2) is 11.2. The average molecular weight is 575 g/mol. The van der Waals surface area contributed by atoms with E-state index in [9.17, 15) is 0 Å². The number of hydrogen-bond donors (Lipinski definition) is 1. The van der Waals surface area contributed by atoms with Crippen LogP contribution in [0, 0.1) is 16.7 Å². The molecule has 1 aliphatic rings. The maximum absolute atomic E-state index is 6.48. The van der Waals surface area contributed by atoms with E-state index in [-0.39, 0.29) is 16.9 Å². The Kier molecular flexibility index (Phi) is 8.52. The van der Waals surface area contributed by atoms with Gasteiger partial charge in [0.2, 0.25) is 0 Å². The van der Waals surface area contributed by atoms with E-state index >= 15 is 0 Å². The molecule has 5 nitrogen and oxygen atoms in total. The SMILES string of the molecule is CC(C)(C)C1CCC(Nc2ccc(Cl)cc2)(c2nnnn2C(/C=C/c2ccc(Cl)cc2Cl)C(C)(C)C)CC1. The molecule has 8 heteroatoms. The molecule has 1 aromatic heterocycles. The van der Waals surface area contributed by atoms with Crippen molar-refractivity contribution in [2.45, 2.75) is 78.8 Å². The van der Waals surface area contributed by atoms with Gasteiger partial charge in [-0.2, -0.15) is 0 Å². The summed E-state index contributed by atoms with van der Waals surface area (Å²) in [5.74, 6) is 1.49. The van der Waals surface area contributed by atoms with Crippen LogP contribution in [0.4, 0.5) is 5.69 Å². The number of benzene rings is 2. The highest BCUT2D eigenvalue weighted by atomic mass is 35.5. The Morgan fingerprint density at radius 3 is 2.16 bits per heavy atom. The minimum atomic E-state index is -0.408. The normalized spacial score (nSPS) is 21.6. The van der Waals surface area contributed by atoms with E-state index in [1.165, 1.54) is 0 Å². The number of hydrogen-bond acceptors (Lipinski definition) is 4. The van der Waals surface area contributed by atoms with Crippen molar-refractivity contribution in [3.63, 3.8) is 0 Å². The van der Waals surface area contributed by atoms with Gasteiger partial charge in [-0.1, -0.05) is 94.6 Å². The van der Waals surface area contributed by atoms with Crippen molar-refractivity contribution in [1.29, 1.82) is 0 Å². The van der Waals surface area contributed by atoms with Crippen molar-refractivity contribution in [1.82, 2.24) is 20.2 Å². The van der Waals surface area contributed by atoms with Crippen molar-refractivity contribution in [3.8, 4) is 0 Å². The van der Waals surface area contributed by atoms with Gasteiger partial charge < -0.3 is 5.32 Å². The number of halogens is 3. The molecule has 204 valence electrons. The number of rotatable bonds is 6. The molecule has 0 saturated heterocycles. The number of aromatic nitrogens is 4. The third-order valence-corrected chi connectivity index (χ3v) is 8.60. The molecule has 2 aromatic carbocycles. The Labute approximate surface area is 241 Å². The molecule has 3 aromatic rings. The van der Waals surface area contributed by atoms with Gasteiger partial charge in [0.25, 0.3) is 0 Å². The molecule has 0 bridgehead atoms. The highest BCUT2D eigenvalue weighted by Crippen LogP contribution is 2.47. The Bertz CT molecular complexity index is 1260. The molecule has 4 rings (SSSR count). The molecule has 0 aliphatic heterocycles. The van der Waals surface area contributed by atoms with Gasteiger partial charge in [-0.25, -0.2) is 4.68 Å². The van der Waals surface area contributed by atoms with E-state index in [0.717, 1.165) is 42.8 Å². The molecule has 0 radical (unpaired) electrons. The summed E-state index contributed by atoms with van der Waals surface area (Å²) in [6.45, 7) is 13.6. The van der Waals surface area contributed by atoms with Crippen molar-refractivity contribution < 1.29 is 0 Å². The predicted octanol–water partition coefficient (Wildman–Crippen LogP) is 9.48. The molecular formula is C30H38Cl3N5. The van der Waals surface area contributed by atoms with E-state index in [1.807, 2.05) is 47.2 Å². The topological polar surface area (TPSA) is 55.6 Å². The maximum Gasteiger partial charge on any atom is 0.177 e. The van der Waals surface area contributed by atoms with Crippen LogP contribution in [0.1, 0.15) is 84.7 Å². The lowest BCUT2D eigenvalue weighted by Gasteiger charge is -2.45.